The van der Waals surface area contributed by atoms with Crippen LogP contribution >= 0.6 is 0 Å². The summed E-state index contributed by atoms with van der Waals surface area (Å²) in [5, 5.41) is 9.16. The van der Waals surface area contributed by atoms with Gasteiger partial charge in [0.05, 0.1) is 19.4 Å². The van der Waals surface area contributed by atoms with E-state index in [0.717, 1.165) is 12.0 Å². The van der Waals surface area contributed by atoms with Gasteiger partial charge < -0.3 is 14.7 Å². The summed E-state index contributed by atoms with van der Waals surface area (Å²) in [6.45, 7) is 1.88. The molecule has 1 aromatic heterocycles. The van der Waals surface area contributed by atoms with Crippen molar-refractivity contribution in [3.8, 4) is 5.75 Å². The molecule has 1 saturated heterocycles. The Morgan fingerprint density at radius 2 is 2.47 bits per heavy atom. The van der Waals surface area contributed by atoms with Crippen LogP contribution in [-0.4, -0.2) is 41.2 Å². The van der Waals surface area contributed by atoms with Crippen molar-refractivity contribution in [3.63, 3.8) is 0 Å². The summed E-state index contributed by atoms with van der Waals surface area (Å²) in [7, 11) is 2.17. The molecule has 17 heavy (non-hydrogen) atoms. The number of nitrogens with zero attached hydrogens (tertiary/aromatic N) is 2. The van der Waals surface area contributed by atoms with Crippen LogP contribution in [0.5, 0.6) is 5.75 Å². The van der Waals surface area contributed by atoms with E-state index < -0.39 is 0 Å². The smallest absolute Gasteiger partial charge is 0.143 e. The molecule has 1 aliphatic heterocycles. The number of ether oxygens (including phenoxy) is 1. The van der Waals surface area contributed by atoms with Crippen LogP contribution in [0.15, 0.2) is 18.5 Å². The Labute approximate surface area is 102 Å². The summed E-state index contributed by atoms with van der Waals surface area (Å²) >= 11 is 0. The average Bonchev–Trinajstić information content (AvgIpc) is 2.76. The van der Waals surface area contributed by atoms with Crippen LogP contribution in [0.3, 0.4) is 0 Å². The van der Waals surface area contributed by atoms with Gasteiger partial charge in [-0.2, -0.15) is 0 Å². The largest absolute Gasteiger partial charge is 0.492 e. The summed E-state index contributed by atoms with van der Waals surface area (Å²) < 4.78 is 5.69. The van der Waals surface area contributed by atoms with Crippen molar-refractivity contribution in [2.45, 2.75) is 31.9 Å². The van der Waals surface area contributed by atoms with Crippen LogP contribution in [0.4, 0.5) is 0 Å². The zero-order chi connectivity index (χ0) is 12.1. The fourth-order valence-corrected chi connectivity index (χ4v) is 2.32. The first-order valence-corrected chi connectivity index (χ1v) is 6.18. The van der Waals surface area contributed by atoms with Gasteiger partial charge >= 0.3 is 0 Å². The number of aliphatic hydroxyl groups is 1. The maximum absolute atomic E-state index is 9.16. The molecule has 0 aromatic carbocycles. The van der Waals surface area contributed by atoms with Crippen molar-refractivity contribution in [2.24, 2.45) is 0 Å². The molecule has 94 valence electrons. The first-order chi connectivity index (χ1) is 8.31. The normalized spacial score (nSPS) is 20.7. The van der Waals surface area contributed by atoms with E-state index in [1.54, 1.807) is 18.5 Å². The Hall–Kier alpha value is -1.13. The fraction of sp³-hybridized carbons (Fsp3) is 0.615. The maximum atomic E-state index is 9.16. The van der Waals surface area contributed by atoms with Crippen LogP contribution < -0.4 is 4.74 Å². The number of hydrogen-bond acceptors (Lipinski definition) is 4. The monoisotopic (exact) mass is 236 g/mol. The summed E-state index contributed by atoms with van der Waals surface area (Å²) in [5.41, 5.74) is 0.805. The van der Waals surface area contributed by atoms with E-state index in [0.29, 0.717) is 18.4 Å². The lowest BCUT2D eigenvalue weighted by Gasteiger charge is -2.19. The van der Waals surface area contributed by atoms with Crippen molar-refractivity contribution in [3.05, 3.63) is 24.0 Å². The van der Waals surface area contributed by atoms with Gasteiger partial charge in [-0.15, -0.1) is 0 Å². The molecule has 0 radical (unpaired) electrons. The van der Waals surface area contributed by atoms with Gasteiger partial charge in [-0.25, -0.2) is 0 Å². The van der Waals surface area contributed by atoms with Gasteiger partial charge in [0.15, 0.2) is 0 Å². The second kappa shape index (κ2) is 5.98. The van der Waals surface area contributed by atoms with Gasteiger partial charge in [0.25, 0.3) is 0 Å². The SMILES string of the molecule is CN1CCCC1CCOc1cnccc1CO. The Kier molecular flexibility index (Phi) is 4.34. The number of hydrogen-bond donors (Lipinski definition) is 1. The van der Waals surface area contributed by atoms with Crippen molar-refractivity contribution in [1.82, 2.24) is 9.88 Å². The molecule has 4 nitrogen and oxygen atoms in total. The third-order valence-corrected chi connectivity index (χ3v) is 3.42. The molecule has 1 unspecified atom stereocenters. The van der Waals surface area contributed by atoms with E-state index in [1.165, 1.54) is 19.4 Å². The molecule has 1 atom stereocenters. The summed E-state index contributed by atoms with van der Waals surface area (Å²) in [6, 6.07) is 2.43. The molecule has 1 aromatic rings. The minimum Gasteiger partial charge on any atom is -0.492 e. The molecular formula is C13H20N2O2. The minimum absolute atomic E-state index is 0.00118. The second-order valence-corrected chi connectivity index (χ2v) is 4.56. The molecule has 0 saturated carbocycles. The molecule has 0 aliphatic carbocycles. The third-order valence-electron chi connectivity index (χ3n) is 3.42. The topological polar surface area (TPSA) is 45.6 Å². The van der Waals surface area contributed by atoms with E-state index in [9.17, 15) is 0 Å². The highest BCUT2D eigenvalue weighted by atomic mass is 16.5. The Morgan fingerprint density at radius 3 is 3.18 bits per heavy atom. The van der Waals surface area contributed by atoms with Crippen LogP contribution in [0, 0.1) is 0 Å². The minimum atomic E-state index is 0.00118. The standard InChI is InChI=1S/C13H20N2O2/c1-15-7-2-3-12(15)5-8-17-13-9-14-6-4-11(13)10-16/h4,6,9,12,16H,2-3,5,7-8,10H2,1H3. The molecule has 1 aliphatic rings. The van der Waals surface area contributed by atoms with Crippen molar-refractivity contribution < 1.29 is 9.84 Å². The van der Waals surface area contributed by atoms with E-state index in [1.807, 2.05) is 0 Å². The summed E-state index contributed by atoms with van der Waals surface area (Å²) in [4.78, 5) is 6.40. The molecule has 2 rings (SSSR count). The number of aliphatic hydroxyl groups excluding tert-OH is 1. The van der Waals surface area contributed by atoms with Gasteiger partial charge in [0, 0.05) is 17.8 Å². The Bertz CT molecular complexity index is 357. The summed E-state index contributed by atoms with van der Waals surface area (Å²) in [5.74, 6) is 0.704. The van der Waals surface area contributed by atoms with Gasteiger partial charge in [0.1, 0.15) is 5.75 Å². The molecule has 0 bridgehead atoms. The quantitative estimate of drug-likeness (QED) is 0.840. The molecule has 2 heterocycles. The Balaban J connectivity index is 1.81. The lowest BCUT2D eigenvalue weighted by atomic mass is 10.1. The highest BCUT2D eigenvalue weighted by molar-refractivity contribution is 5.28. The van der Waals surface area contributed by atoms with E-state index in [4.69, 9.17) is 9.84 Å². The first-order valence-electron chi connectivity index (χ1n) is 6.18. The van der Waals surface area contributed by atoms with Crippen molar-refractivity contribution in [2.75, 3.05) is 20.2 Å². The van der Waals surface area contributed by atoms with Crippen LogP contribution in [-0.2, 0) is 6.61 Å². The molecule has 4 heteroatoms. The Morgan fingerprint density at radius 1 is 1.59 bits per heavy atom. The van der Waals surface area contributed by atoms with Crippen LogP contribution in [0.1, 0.15) is 24.8 Å². The first kappa shape index (κ1) is 12.3. The highest BCUT2D eigenvalue weighted by Crippen LogP contribution is 2.20. The zero-order valence-corrected chi connectivity index (χ0v) is 10.3. The van der Waals surface area contributed by atoms with E-state index >= 15 is 0 Å². The second-order valence-electron chi connectivity index (χ2n) is 4.56. The predicted octanol–water partition coefficient (Wildman–Crippen LogP) is 1.44. The molecule has 1 N–H and O–H groups in total. The van der Waals surface area contributed by atoms with Gasteiger partial charge in [-0.3, -0.25) is 4.98 Å². The number of aromatic nitrogens is 1. The number of likely N-dealkylation sites (tertiary alicyclic amines) is 1. The lowest BCUT2D eigenvalue weighted by Crippen LogP contribution is -2.26. The summed E-state index contributed by atoms with van der Waals surface area (Å²) in [6.07, 6.45) is 6.93. The van der Waals surface area contributed by atoms with Crippen molar-refractivity contribution in [1.29, 1.82) is 0 Å². The maximum Gasteiger partial charge on any atom is 0.143 e. The lowest BCUT2D eigenvalue weighted by molar-refractivity contribution is 0.224. The highest BCUT2D eigenvalue weighted by Gasteiger charge is 2.20. The van der Waals surface area contributed by atoms with E-state index in [2.05, 4.69) is 16.9 Å². The number of rotatable bonds is 5. The molecule has 0 amide bonds. The van der Waals surface area contributed by atoms with Gasteiger partial charge in [0.2, 0.25) is 0 Å². The molecule has 0 spiro atoms. The zero-order valence-electron chi connectivity index (χ0n) is 10.3. The van der Waals surface area contributed by atoms with Crippen LogP contribution in [0.2, 0.25) is 0 Å². The van der Waals surface area contributed by atoms with Crippen LogP contribution in [0.25, 0.3) is 0 Å². The third kappa shape index (κ3) is 3.17. The molecular weight excluding hydrogens is 216 g/mol. The predicted molar refractivity (Wildman–Crippen MR) is 65.9 cm³/mol. The molecule has 1 fully saturated rings. The average molecular weight is 236 g/mol. The van der Waals surface area contributed by atoms with E-state index in [-0.39, 0.29) is 6.61 Å². The fourth-order valence-electron chi connectivity index (χ4n) is 2.32. The van der Waals surface area contributed by atoms with Crippen molar-refractivity contribution >= 4 is 0 Å². The van der Waals surface area contributed by atoms with Gasteiger partial charge in [-0.1, -0.05) is 0 Å². The number of pyridine rings is 1. The van der Waals surface area contributed by atoms with Gasteiger partial charge in [-0.05, 0) is 38.9 Å².